The fraction of sp³-hybridized carbons (Fsp3) is 0.200. The molecule has 0 saturated carbocycles. The molecule has 4 N–H and O–H groups in total. The van der Waals surface area contributed by atoms with E-state index in [0.29, 0.717) is 5.82 Å². The Bertz CT molecular complexity index is 758. The normalized spacial score (nSPS) is 10.3. The number of aromatic amines is 1. The molecule has 104 valence electrons. The molecular weight excluding hydrogens is 254 g/mol. The summed E-state index contributed by atoms with van der Waals surface area (Å²) in [4.78, 5) is 16.7. The predicted octanol–water partition coefficient (Wildman–Crippen LogP) is 2.95. The predicted molar refractivity (Wildman–Crippen MR) is 80.7 cm³/mol. The Kier molecular flexibility index (Phi) is 3.89. The molecule has 0 aliphatic rings. The Morgan fingerprint density at radius 3 is 2.65 bits per heavy atom. The van der Waals surface area contributed by atoms with Crippen molar-refractivity contribution in [1.82, 2.24) is 9.97 Å². The lowest BCUT2D eigenvalue weighted by molar-refractivity contribution is -0.134. The van der Waals surface area contributed by atoms with E-state index in [1.165, 1.54) is 5.39 Å². The van der Waals surface area contributed by atoms with Crippen molar-refractivity contribution in [3.8, 4) is 0 Å². The second-order valence-electron chi connectivity index (χ2n) is 4.45. The highest BCUT2D eigenvalue weighted by Crippen LogP contribution is 2.29. The number of fused-ring (bicyclic) bond motifs is 3. The minimum absolute atomic E-state index is 0.626. The zero-order chi connectivity index (χ0) is 14.7. The van der Waals surface area contributed by atoms with Gasteiger partial charge in [-0.3, -0.25) is 4.79 Å². The summed E-state index contributed by atoms with van der Waals surface area (Å²) in [5.41, 5.74) is 9.25. The number of hydrogen-bond donors (Lipinski definition) is 3. The van der Waals surface area contributed by atoms with Gasteiger partial charge in [0.2, 0.25) is 0 Å². The van der Waals surface area contributed by atoms with Gasteiger partial charge in [0.1, 0.15) is 5.82 Å². The zero-order valence-electron chi connectivity index (χ0n) is 11.5. The number of nitrogens with zero attached hydrogens (tertiary/aromatic N) is 1. The molecule has 0 atom stereocenters. The van der Waals surface area contributed by atoms with Gasteiger partial charge in [0.25, 0.3) is 5.97 Å². The van der Waals surface area contributed by atoms with E-state index in [9.17, 15) is 0 Å². The van der Waals surface area contributed by atoms with E-state index in [1.807, 2.05) is 18.3 Å². The first-order valence-electron chi connectivity index (χ1n) is 6.37. The van der Waals surface area contributed by atoms with Crippen molar-refractivity contribution in [1.29, 1.82) is 0 Å². The minimum Gasteiger partial charge on any atom is -0.481 e. The molecule has 0 bridgehead atoms. The van der Waals surface area contributed by atoms with Crippen LogP contribution < -0.4 is 5.73 Å². The van der Waals surface area contributed by atoms with Gasteiger partial charge in [-0.1, -0.05) is 25.1 Å². The van der Waals surface area contributed by atoms with E-state index in [4.69, 9.17) is 15.6 Å². The zero-order valence-corrected chi connectivity index (χ0v) is 11.5. The van der Waals surface area contributed by atoms with Crippen LogP contribution in [0.25, 0.3) is 21.8 Å². The van der Waals surface area contributed by atoms with Gasteiger partial charge in [-0.2, -0.15) is 0 Å². The lowest BCUT2D eigenvalue weighted by Gasteiger charge is -2.02. The number of pyridine rings is 1. The van der Waals surface area contributed by atoms with Crippen molar-refractivity contribution in [3.05, 3.63) is 36.0 Å². The molecule has 0 fully saturated rings. The first-order valence-corrected chi connectivity index (χ1v) is 6.37. The molecule has 3 aromatic rings. The molecule has 0 amide bonds. The van der Waals surface area contributed by atoms with Gasteiger partial charge >= 0.3 is 0 Å². The summed E-state index contributed by atoms with van der Waals surface area (Å²) in [6.45, 7) is 3.18. The summed E-state index contributed by atoms with van der Waals surface area (Å²) in [6, 6.07) is 8.24. The number of carbonyl (C=O) groups is 1. The first-order chi connectivity index (χ1) is 9.54. The third-order valence-electron chi connectivity index (χ3n) is 3.04. The van der Waals surface area contributed by atoms with E-state index in [-0.39, 0.29) is 0 Å². The Hall–Kier alpha value is -2.56. The fourth-order valence-corrected chi connectivity index (χ4v) is 2.23. The highest BCUT2D eigenvalue weighted by atomic mass is 16.4. The van der Waals surface area contributed by atoms with Crippen molar-refractivity contribution in [2.75, 3.05) is 5.73 Å². The number of H-pyrrole nitrogens is 1. The molecule has 5 nitrogen and oxygen atoms in total. The van der Waals surface area contributed by atoms with Crippen LogP contribution in [0, 0.1) is 0 Å². The quantitative estimate of drug-likeness (QED) is 0.634. The summed E-state index contributed by atoms with van der Waals surface area (Å²) in [7, 11) is 0. The van der Waals surface area contributed by atoms with Crippen LogP contribution in [0.5, 0.6) is 0 Å². The number of aromatic nitrogens is 2. The number of carboxylic acid groups (broad SMARTS) is 1. The fourth-order valence-electron chi connectivity index (χ4n) is 2.23. The van der Waals surface area contributed by atoms with Gasteiger partial charge in [0.15, 0.2) is 0 Å². The van der Waals surface area contributed by atoms with Crippen LogP contribution in [-0.4, -0.2) is 21.0 Å². The van der Waals surface area contributed by atoms with Gasteiger partial charge in [0, 0.05) is 35.0 Å². The lowest BCUT2D eigenvalue weighted by Crippen LogP contribution is -1.96. The number of benzene rings is 1. The molecule has 0 unspecified atom stereocenters. The van der Waals surface area contributed by atoms with Crippen LogP contribution in [0.4, 0.5) is 5.82 Å². The maximum Gasteiger partial charge on any atom is 0.300 e. The summed E-state index contributed by atoms with van der Waals surface area (Å²) in [5.74, 6) is -0.207. The molecule has 2 aromatic heterocycles. The molecule has 2 heterocycles. The summed E-state index contributed by atoms with van der Waals surface area (Å²) in [5, 5.41) is 9.78. The summed E-state index contributed by atoms with van der Waals surface area (Å²) < 4.78 is 0. The molecule has 0 radical (unpaired) electrons. The van der Waals surface area contributed by atoms with Gasteiger partial charge in [-0.05, 0) is 12.5 Å². The largest absolute Gasteiger partial charge is 0.481 e. The van der Waals surface area contributed by atoms with E-state index >= 15 is 0 Å². The first kappa shape index (κ1) is 13.9. The number of nitrogens with two attached hydrogens (primary N) is 1. The average Bonchev–Trinajstić information content (AvgIpc) is 2.76. The number of hydrogen-bond acceptors (Lipinski definition) is 3. The Morgan fingerprint density at radius 2 is 2.00 bits per heavy atom. The Morgan fingerprint density at radius 1 is 1.35 bits per heavy atom. The standard InChI is InChI=1S/C13H13N3.C2H4O2/c1-2-8-12-10(7-15-13(8)14)9-5-3-4-6-11(9)16-12;1-2(3)4/h3-7,16H,2H2,1H3,(H2,14,15);1H3,(H,3,4). The monoisotopic (exact) mass is 271 g/mol. The molecule has 0 saturated heterocycles. The second-order valence-corrected chi connectivity index (χ2v) is 4.45. The number of aliphatic carboxylic acids is 1. The Balaban J connectivity index is 0.000000328. The molecule has 5 heteroatoms. The molecule has 3 rings (SSSR count). The molecule has 0 spiro atoms. The van der Waals surface area contributed by atoms with E-state index in [1.54, 1.807) is 0 Å². The van der Waals surface area contributed by atoms with Crippen LogP contribution in [0.15, 0.2) is 30.5 Å². The molecule has 0 aliphatic heterocycles. The van der Waals surface area contributed by atoms with Crippen molar-refractivity contribution in [3.63, 3.8) is 0 Å². The van der Waals surface area contributed by atoms with Crippen molar-refractivity contribution in [2.45, 2.75) is 20.3 Å². The van der Waals surface area contributed by atoms with Crippen molar-refractivity contribution in [2.24, 2.45) is 0 Å². The van der Waals surface area contributed by atoms with Crippen molar-refractivity contribution >= 4 is 33.6 Å². The SMILES string of the molecule is CC(=O)O.CCc1c(N)ncc2c1[nH]c1ccccc12. The van der Waals surface area contributed by atoms with Crippen LogP contribution in [-0.2, 0) is 11.2 Å². The molecule has 1 aromatic carbocycles. The number of aryl methyl sites for hydroxylation is 1. The van der Waals surface area contributed by atoms with E-state index in [0.717, 1.165) is 35.3 Å². The van der Waals surface area contributed by atoms with Gasteiger partial charge in [-0.25, -0.2) is 4.98 Å². The van der Waals surface area contributed by atoms with E-state index in [2.05, 4.69) is 29.0 Å². The maximum absolute atomic E-state index is 9.00. The molecule has 20 heavy (non-hydrogen) atoms. The van der Waals surface area contributed by atoms with Crippen LogP contribution in [0.2, 0.25) is 0 Å². The Labute approximate surface area is 116 Å². The molecular formula is C15H17N3O2. The second kappa shape index (κ2) is 5.61. The number of para-hydroxylation sites is 1. The smallest absolute Gasteiger partial charge is 0.300 e. The summed E-state index contributed by atoms with van der Waals surface area (Å²) >= 11 is 0. The third kappa shape index (κ3) is 2.56. The van der Waals surface area contributed by atoms with Gasteiger partial charge in [-0.15, -0.1) is 0 Å². The number of carboxylic acids is 1. The van der Waals surface area contributed by atoms with Gasteiger partial charge < -0.3 is 15.8 Å². The third-order valence-corrected chi connectivity index (χ3v) is 3.04. The van der Waals surface area contributed by atoms with Crippen molar-refractivity contribution < 1.29 is 9.90 Å². The number of nitrogen functional groups attached to an aromatic ring is 1. The number of nitrogens with one attached hydrogen (secondary N) is 1. The van der Waals surface area contributed by atoms with Crippen LogP contribution in [0.3, 0.4) is 0 Å². The average molecular weight is 271 g/mol. The highest BCUT2D eigenvalue weighted by molar-refractivity contribution is 6.08. The number of rotatable bonds is 1. The molecule has 0 aliphatic carbocycles. The number of anilines is 1. The van der Waals surface area contributed by atoms with Crippen LogP contribution >= 0.6 is 0 Å². The maximum atomic E-state index is 9.00. The lowest BCUT2D eigenvalue weighted by atomic mass is 10.1. The highest BCUT2D eigenvalue weighted by Gasteiger charge is 2.09. The topological polar surface area (TPSA) is 92.0 Å². The van der Waals surface area contributed by atoms with Gasteiger partial charge in [0.05, 0.1) is 5.52 Å². The summed E-state index contributed by atoms with van der Waals surface area (Å²) in [6.07, 6.45) is 2.74. The minimum atomic E-state index is -0.833. The van der Waals surface area contributed by atoms with Crippen LogP contribution in [0.1, 0.15) is 19.4 Å². The van der Waals surface area contributed by atoms with E-state index < -0.39 is 5.97 Å².